The Labute approximate surface area is 151 Å². The fourth-order valence-corrected chi connectivity index (χ4v) is 3.82. The third-order valence-electron chi connectivity index (χ3n) is 5.58. The Morgan fingerprint density at radius 2 is 2.12 bits per heavy atom. The molecular formula is C19H22N4O3. The third kappa shape index (κ3) is 2.73. The van der Waals surface area contributed by atoms with E-state index in [1.807, 2.05) is 18.2 Å². The predicted octanol–water partition coefficient (Wildman–Crippen LogP) is 0.0652. The van der Waals surface area contributed by atoms with E-state index in [-0.39, 0.29) is 29.7 Å². The molecule has 3 amide bonds. The lowest BCUT2D eigenvalue weighted by Crippen LogP contribution is -2.66. The lowest BCUT2D eigenvalue weighted by Gasteiger charge is -2.41. The number of nitrogens with zero attached hydrogens (tertiary/aromatic N) is 1. The number of imide groups is 1. The zero-order chi connectivity index (χ0) is 18.3. The van der Waals surface area contributed by atoms with Crippen LogP contribution in [0.2, 0.25) is 0 Å². The van der Waals surface area contributed by atoms with Crippen molar-refractivity contribution in [3.8, 4) is 0 Å². The molecule has 2 fully saturated rings. The first-order valence-electron chi connectivity index (χ1n) is 8.88. The molecule has 3 N–H and O–H groups in total. The molecule has 0 bridgehead atoms. The minimum Gasteiger partial charge on any atom is -0.322 e. The van der Waals surface area contributed by atoms with Crippen LogP contribution in [0.4, 0.5) is 0 Å². The van der Waals surface area contributed by atoms with Crippen LogP contribution in [0.1, 0.15) is 34.3 Å². The van der Waals surface area contributed by atoms with Gasteiger partial charge in [0, 0.05) is 38.2 Å². The average Bonchev–Trinajstić information content (AvgIpc) is 2.92. The molecule has 2 saturated heterocycles. The molecule has 7 heteroatoms. The van der Waals surface area contributed by atoms with E-state index >= 15 is 0 Å². The monoisotopic (exact) mass is 354 g/mol. The van der Waals surface area contributed by atoms with Gasteiger partial charge < -0.3 is 15.5 Å². The van der Waals surface area contributed by atoms with Crippen molar-refractivity contribution in [2.24, 2.45) is 0 Å². The summed E-state index contributed by atoms with van der Waals surface area (Å²) in [5, 5.41) is 9.09. The van der Waals surface area contributed by atoms with Gasteiger partial charge in [-0.15, -0.1) is 6.58 Å². The number of carbonyl (C=O) groups is 3. The van der Waals surface area contributed by atoms with Crippen LogP contribution >= 0.6 is 0 Å². The molecular weight excluding hydrogens is 332 g/mol. The van der Waals surface area contributed by atoms with Gasteiger partial charge in [0.15, 0.2) is 0 Å². The van der Waals surface area contributed by atoms with E-state index in [0.29, 0.717) is 25.1 Å². The van der Waals surface area contributed by atoms with Crippen LogP contribution in [-0.2, 0) is 22.7 Å². The Morgan fingerprint density at radius 3 is 2.77 bits per heavy atom. The number of nitrogens with one attached hydrogen (secondary N) is 3. The Morgan fingerprint density at radius 1 is 1.31 bits per heavy atom. The van der Waals surface area contributed by atoms with Gasteiger partial charge in [0.05, 0.1) is 5.54 Å². The molecule has 4 rings (SSSR count). The molecule has 26 heavy (non-hydrogen) atoms. The molecule has 1 atom stereocenters. The number of hydrogen-bond donors (Lipinski definition) is 3. The number of carbonyl (C=O) groups excluding carboxylic acids is 3. The van der Waals surface area contributed by atoms with Crippen LogP contribution in [0, 0.1) is 0 Å². The Bertz CT molecular complexity index is 800. The molecule has 1 aromatic carbocycles. The second-order valence-electron chi connectivity index (χ2n) is 7.16. The highest BCUT2D eigenvalue weighted by atomic mass is 16.2. The van der Waals surface area contributed by atoms with Crippen molar-refractivity contribution in [3.63, 3.8) is 0 Å². The van der Waals surface area contributed by atoms with Gasteiger partial charge in [0.25, 0.3) is 5.91 Å². The molecule has 7 nitrogen and oxygen atoms in total. The second-order valence-corrected chi connectivity index (χ2v) is 7.16. The maximum atomic E-state index is 12.8. The standard InChI is InChI=1S/C19H22N4O3/c1-2-19(10-20-11-19)21-8-12-4-3-5-13-14(12)9-23(18(13)26)15-6-7-16(24)22-17(15)25/h2-5,15,20-21H,1,6-11H2,(H,22,24,25). The van der Waals surface area contributed by atoms with Crippen LogP contribution in [0.25, 0.3) is 0 Å². The van der Waals surface area contributed by atoms with Crippen molar-refractivity contribution in [1.29, 1.82) is 0 Å². The van der Waals surface area contributed by atoms with Crippen molar-refractivity contribution in [2.75, 3.05) is 13.1 Å². The second kappa shape index (κ2) is 6.34. The van der Waals surface area contributed by atoms with Crippen LogP contribution in [0.3, 0.4) is 0 Å². The molecule has 3 aliphatic heterocycles. The van der Waals surface area contributed by atoms with Crippen molar-refractivity contribution in [3.05, 3.63) is 47.5 Å². The molecule has 136 valence electrons. The third-order valence-corrected chi connectivity index (χ3v) is 5.58. The minimum atomic E-state index is -0.580. The van der Waals surface area contributed by atoms with Gasteiger partial charge >= 0.3 is 0 Å². The molecule has 0 saturated carbocycles. The van der Waals surface area contributed by atoms with Crippen molar-refractivity contribution in [1.82, 2.24) is 20.9 Å². The molecule has 3 heterocycles. The van der Waals surface area contributed by atoms with Crippen molar-refractivity contribution < 1.29 is 14.4 Å². The van der Waals surface area contributed by atoms with Gasteiger partial charge in [-0.3, -0.25) is 19.7 Å². The summed E-state index contributed by atoms with van der Waals surface area (Å²) < 4.78 is 0. The SMILES string of the molecule is C=CC1(NCc2cccc3c2CN(C2CCC(=O)NC2=O)C3=O)CNC1. The Balaban J connectivity index is 1.53. The maximum Gasteiger partial charge on any atom is 0.255 e. The molecule has 0 aliphatic carbocycles. The lowest BCUT2D eigenvalue weighted by molar-refractivity contribution is -0.136. The first kappa shape index (κ1) is 16.9. The van der Waals surface area contributed by atoms with Gasteiger partial charge in [0.2, 0.25) is 11.8 Å². The van der Waals surface area contributed by atoms with E-state index < -0.39 is 6.04 Å². The number of fused-ring (bicyclic) bond motifs is 1. The highest BCUT2D eigenvalue weighted by Gasteiger charge is 2.40. The zero-order valence-electron chi connectivity index (χ0n) is 14.5. The Hall–Kier alpha value is -2.51. The van der Waals surface area contributed by atoms with Crippen LogP contribution in [0.5, 0.6) is 0 Å². The smallest absolute Gasteiger partial charge is 0.255 e. The van der Waals surface area contributed by atoms with Crippen LogP contribution in [-0.4, -0.2) is 47.3 Å². The highest BCUT2D eigenvalue weighted by Crippen LogP contribution is 2.30. The van der Waals surface area contributed by atoms with E-state index in [1.54, 1.807) is 11.0 Å². The number of benzene rings is 1. The molecule has 0 spiro atoms. The number of rotatable bonds is 5. The number of piperidine rings is 1. The van der Waals surface area contributed by atoms with Gasteiger partial charge in [-0.2, -0.15) is 0 Å². The summed E-state index contributed by atoms with van der Waals surface area (Å²) in [7, 11) is 0. The average molecular weight is 354 g/mol. The molecule has 3 aliphatic rings. The normalized spacial score (nSPS) is 24.1. The summed E-state index contributed by atoms with van der Waals surface area (Å²) in [4.78, 5) is 37.9. The quantitative estimate of drug-likeness (QED) is 0.514. The predicted molar refractivity (Wildman–Crippen MR) is 95.1 cm³/mol. The van der Waals surface area contributed by atoms with E-state index in [9.17, 15) is 14.4 Å². The fraction of sp³-hybridized carbons (Fsp3) is 0.421. The van der Waals surface area contributed by atoms with E-state index in [4.69, 9.17) is 0 Å². The molecule has 1 unspecified atom stereocenters. The van der Waals surface area contributed by atoms with Gasteiger partial charge in [-0.05, 0) is 23.6 Å². The zero-order valence-corrected chi connectivity index (χ0v) is 14.5. The van der Waals surface area contributed by atoms with Crippen LogP contribution in [0.15, 0.2) is 30.9 Å². The van der Waals surface area contributed by atoms with E-state index in [1.165, 1.54) is 0 Å². The summed E-state index contributed by atoms with van der Waals surface area (Å²) in [6.45, 7) is 6.62. The van der Waals surface area contributed by atoms with Crippen LogP contribution < -0.4 is 16.0 Å². The fourth-order valence-electron chi connectivity index (χ4n) is 3.82. The summed E-state index contributed by atoms with van der Waals surface area (Å²) in [5.74, 6) is -0.794. The van der Waals surface area contributed by atoms with E-state index in [2.05, 4.69) is 22.5 Å². The highest BCUT2D eigenvalue weighted by molar-refractivity contribution is 6.05. The van der Waals surface area contributed by atoms with Gasteiger partial charge in [-0.1, -0.05) is 18.2 Å². The van der Waals surface area contributed by atoms with Gasteiger partial charge in [-0.25, -0.2) is 0 Å². The summed E-state index contributed by atoms with van der Waals surface area (Å²) in [6.07, 6.45) is 2.57. The molecule has 0 aromatic heterocycles. The summed E-state index contributed by atoms with van der Waals surface area (Å²) in [6, 6.07) is 5.11. The maximum absolute atomic E-state index is 12.8. The van der Waals surface area contributed by atoms with Gasteiger partial charge in [0.1, 0.15) is 6.04 Å². The largest absolute Gasteiger partial charge is 0.322 e. The first-order chi connectivity index (χ1) is 12.5. The first-order valence-corrected chi connectivity index (χ1v) is 8.88. The van der Waals surface area contributed by atoms with E-state index in [0.717, 1.165) is 24.2 Å². The topological polar surface area (TPSA) is 90.5 Å². The minimum absolute atomic E-state index is 0.103. The lowest BCUT2D eigenvalue weighted by atomic mass is 9.92. The summed E-state index contributed by atoms with van der Waals surface area (Å²) in [5.41, 5.74) is 2.56. The van der Waals surface area contributed by atoms with Crippen molar-refractivity contribution >= 4 is 17.7 Å². The summed E-state index contributed by atoms with van der Waals surface area (Å²) >= 11 is 0. The Kier molecular flexibility index (Phi) is 4.13. The number of amides is 3. The molecule has 1 aromatic rings. The van der Waals surface area contributed by atoms with Crippen molar-refractivity contribution in [2.45, 2.75) is 37.5 Å². The molecule has 0 radical (unpaired) electrons. The number of hydrogen-bond acceptors (Lipinski definition) is 5.